The molecule has 1 unspecified atom stereocenters. The SMILES string of the molecule is CCOCC(C)Nc1nc2c(C)cccn2n1. The lowest BCUT2D eigenvalue weighted by atomic mass is 10.3. The predicted octanol–water partition coefficient (Wildman–Crippen LogP) is 1.87. The Morgan fingerprint density at radius 2 is 2.35 bits per heavy atom. The first-order valence-electron chi connectivity index (χ1n) is 5.87. The average molecular weight is 234 g/mol. The van der Waals surface area contributed by atoms with Crippen molar-refractivity contribution < 1.29 is 4.74 Å². The highest BCUT2D eigenvalue weighted by Gasteiger charge is 2.08. The molecule has 0 aliphatic carbocycles. The minimum Gasteiger partial charge on any atom is -0.380 e. The normalized spacial score (nSPS) is 12.9. The van der Waals surface area contributed by atoms with Crippen molar-refractivity contribution in [3.63, 3.8) is 0 Å². The quantitative estimate of drug-likeness (QED) is 0.858. The summed E-state index contributed by atoms with van der Waals surface area (Å²) in [7, 11) is 0. The minimum atomic E-state index is 0.202. The molecule has 0 aliphatic rings. The molecule has 0 radical (unpaired) electrons. The third kappa shape index (κ3) is 2.74. The van der Waals surface area contributed by atoms with Gasteiger partial charge in [0.15, 0.2) is 5.65 Å². The molecule has 5 heteroatoms. The Morgan fingerprint density at radius 1 is 1.53 bits per heavy atom. The van der Waals surface area contributed by atoms with Gasteiger partial charge in [0.1, 0.15) is 0 Å². The first kappa shape index (κ1) is 11.9. The number of hydrogen-bond acceptors (Lipinski definition) is 4. The molecule has 17 heavy (non-hydrogen) atoms. The standard InChI is InChI=1S/C12H18N4O/c1-4-17-8-10(3)13-12-14-11-9(2)6-5-7-16(11)15-12/h5-7,10H,4,8H2,1-3H3,(H,13,15). The van der Waals surface area contributed by atoms with E-state index in [1.54, 1.807) is 4.52 Å². The number of nitrogens with zero attached hydrogens (tertiary/aromatic N) is 3. The first-order valence-corrected chi connectivity index (χ1v) is 5.87. The van der Waals surface area contributed by atoms with Crippen LogP contribution in [0.2, 0.25) is 0 Å². The Kier molecular flexibility index (Phi) is 3.58. The molecule has 0 saturated carbocycles. The number of aryl methyl sites for hydroxylation is 1. The van der Waals surface area contributed by atoms with E-state index >= 15 is 0 Å². The highest BCUT2D eigenvalue weighted by molar-refractivity contribution is 5.49. The summed E-state index contributed by atoms with van der Waals surface area (Å²) in [6.07, 6.45) is 1.90. The summed E-state index contributed by atoms with van der Waals surface area (Å²) in [5.74, 6) is 0.645. The molecule has 0 spiro atoms. The van der Waals surface area contributed by atoms with Crippen LogP contribution in [0.3, 0.4) is 0 Å². The zero-order valence-corrected chi connectivity index (χ0v) is 10.5. The predicted molar refractivity (Wildman–Crippen MR) is 67.3 cm³/mol. The Balaban J connectivity index is 2.11. The van der Waals surface area contributed by atoms with E-state index in [0.29, 0.717) is 12.6 Å². The van der Waals surface area contributed by atoms with E-state index in [2.05, 4.69) is 15.4 Å². The third-order valence-corrected chi connectivity index (χ3v) is 2.50. The third-order valence-electron chi connectivity index (χ3n) is 2.50. The van der Waals surface area contributed by atoms with Crippen LogP contribution in [-0.4, -0.2) is 33.9 Å². The van der Waals surface area contributed by atoms with Gasteiger partial charge in [-0.1, -0.05) is 6.07 Å². The molecule has 5 nitrogen and oxygen atoms in total. The van der Waals surface area contributed by atoms with Gasteiger partial charge in [0.05, 0.1) is 6.61 Å². The van der Waals surface area contributed by atoms with Crippen molar-refractivity contribution in [1.82, 2.24) is 14.6 Å². The second-order valence-corrected chi connectivity index (χ2v) is 4.10. The highest BCUT2D eigenvalue weighted by atomic mass is 16.5. The largest absolute Gasteiger partial charge is 0.380 e. The number of nitrogens with one attached hydrogen (secondary N) is 1. The van der Waals surface area contributed by atoms with Crippen molar-refractivity contribution in [2.75, 3.05) is 18.5 Å². The number of ether oxygens (including phenoxy) is 1. The molecule has 0 aromatic carbocycles. The van der Waals surface area contributed by atoms with E-state index in [1.807, 2.05) is 39.1 Å². The molecule has 0 fully saturated rings. The van der Waals surface area contributed by atoms with E-state index in [0.717, 1.165) is 17.8 Å². The van der Waals surface area contributed by atoms with Crippen molar-refractivity contribution in [3.8, 4) is 0 Å². The fourth-order valence-corrected chi connectivity index (χ4v) is 1.66. The molecule has 92 valence electrons. The van der Waals surface area contributed by atoms with E-state index in [-0.39, 0.29) is 6.04 Å². The number of aromatic nitrogens is 3. The lowest BCUT2D eigenvalue weighted by Crippen LogP contribution is -2.22. The monoisotopic (exact) mass is 234 g/mol. The van der Waals surface area contributed by atoms with Gasteiger partial charge < -0.3 is 10.1 Å². The molecule has 2 aromatic rings. The van der Waals surface area contributed by atoms with Crippen LogP contribution in [0.1, 0.15) is 19.4 Å². The topological polar surface area (TPSA) is 51.5 Å². The lowest BCUT2D eigenvalue weighted by molar-refractivity contribution is 0.141. The second-order valence-electron chi connectivity index (χ2n) is 4.10. The molecule has 0 aliphatic heterocycles. The fourth-order valence-electron chi connectivity index (χ4n) is 1.66. The highest BCUT2D eigenvalue weighted by Crippen LogP contribution is 2.10. The van der Waals surface area contributed by atoms with Crippen LogP contribution in [0.5, 0.6) is 0 Å². The van der Waals surface area contributed by atoms with E-state index < -0.39 is 0 Å². The van der Waals surface area contributed by atoms with Gasteiger partial charge in [0.2, 0.25) is 5.95 Å². The summed E-state index contributed by atoms with van der Waals surface area (Å²) in [6, 6.07) is 4.19. The molecule has 0 saturated heterocycles. The van der Waals surface area contributed by atoms with Crippen LogP contribution in [0.4, 0.5) is 5.95 Å². The number of fused-ring (bicyclic) bond motifs is 1. The summed E-state index contributed by atoms with van der Waals surface area (Å²) in [4.78, 5) is 4.45. The van der Waals surface area contributed by atoms with Crippen LogP contribution in [0.15, 0.2) is 18.3 Å². The van der Waals surface area contributed by atoms with Crippen molar-refractivity contribution in [2.45, 2.75) is 26.8 Å². The van der Waals surface area contributed by atoms with Crippen molar-refractivity contribution >= 4 is 11.6 Å². The summed E-state index contributed by atoms with van der Waals surface area (Å²) in [5.41, 5.74) is 2.00. The molecular weight excluding hydrogens is 216 g/mol. The van der Waals surface area contributed by atoms with Crippen LogP contribution in [0.25, 0.3) is 5.65 Å². The van der Waals surface area contributed by atoms with Crippen LogP contribution >= 0.6 is 0 Å². The second kappa shape index (κ2) is 5.14. The Labute approximate surface area is 101 Å². The number of hydrogen-bond donors (Lipinski definition) is 1. The van der Waals surface area contributed by atoms with E-state index in [1.165, 1.54) is 0 Å². The molecule has 1 N–H and O–H groups in total. The van der Waals surface area contributed by atoms with Crippen LogP contribution in [0, 0.1) is 6.92 Å². The Hall–Kier alpha value is -1.62. The fraction of sp³-hybridized carbons (Fsp3) is 0.500. The molecule has 0 bridgehead atoms. The van der Waals surface area contributed by atoms with Gasteiger partial charge in [-0.2, -0.15) is 4.98 Å². The molecular formula is C12H18N4O. The average Bonchev–Trinajstić information content (AvgIpc) is 2.70. The summed E-state index contributed by atoms with van der Waals surface area (Å²) in [5, 5.41) is 7.59. The van der Waals surface area contributed by atoms with Gasteiger partial charge in [0, 0.05) is 18.8 Å². The van der Waals surface area contributed by atoms with E-state index in [9.17, 15) is 0 Å². The van der Waals surface area contributed by atoms with Gasteiger partial charge in [0.25, 0.3) is 0 Å². The lowest BCUT2D eigenvalue weighted by Gasteiger charge is -2.11. The molecule has 1 atom stereocenters. The van der Waals surface area contributed by atoms with Crippen LogP contribution in [-0.2, 0) is 4.74 Å². The first-order chi connectivity index (χ1) is 8.20. The summed E-state index contributed by atoms with van der Waals surface area (Å²) >= 11 is 0. The summed E-state index contributed by atoms with van der Waals surface area (Å²) < 4.78 is 7.12. The van der Waals surface area contributed by atoms with Gasteiger partial charge >= 0.3 is 0 Å². The molecule has 2 heterocycles. The number of pyridine rings is 1. The maximum atomic E-state index is 5.34. The van der Waals surface area contributed by atoms with Crippen molar-refractivity contribution in [3.05, 3.63) is 23.9 Å². The molecule has 2 aromatic heterocycles. The maximum Gasteiger partial charge on any atom is 0.243 e. The number of rotatable bonds is 5. The smallest absolute Gasteiger partial charge is 0.243 e. The maximum absolute atomic E-state index is 5.34. The van der Waals surface area contributed by atoms with Gasteiger partial charge in [-0.3, -0.25) is 0 Å². The molecule has 2 rings (SSSR count). The Morgan fingerprint density at radius 3 is 3.06 bits per heavy atom. The summed E-state index contributed by atoms with van der Waals surface area (Å²) in [6.45, 7) is 7.44. The Bertz CT molecular complexity index is 494. The van der Waals surface area contributed by atoms with Crippen molar-refractivity contribution in [1.29, 1.82) is 0 Å². The van der Waals surface area contributed by atoms with Crippen LogP contribution < -0.4 is 5.32 Å². The van der Waals surface area contributed by atoms with Gasteiger partial charge in [-0.15, -0.1) is 5.10 Å². The zero-order valence-electron chi connectivity index (χ0n) is 10.5. The van der Waals surface area contributed by atoms with Gasteiger partial charge in [-0.05, 0) is 32.4 Å². The van der Waals surface area contributed by atoms with Gasteiger partial charge in [-0.25, -0.2) is 4.52 Å². The molecule has 0 amide bonds. The zero-order chi connectivity index (χ0) is 12.3. The minimum absolute atomic E-state index is 0.202. The number of anilines is 1. The van der Waals surface area contributed by atoms with Crippen molar-refractivity contribution in [2.24, 2.45) is 0 Å². The van der Waals surface area contributed by atoms with E-state index in [4.69, 9.17) is 4.74 Å².